The third-order valence-corrected chi connectivity index (χ3v) is 2.58. The van der Waals surface area contributed by atoms with E-state index in [9.17, 15) is 0 Å². The minimum absolute atomic E-state index is 0.641. The zero-order chi connectivity index (χ0) is 12.8. The maximum absolute atomic E-state index is 5.39. The van der Waals surface area contributed by atoms with Gasteiger partial charge in [-0.1, -0.05) is 24.3 Å². The van der Waals surface area contributed by atoms with Gasteiger partial charge in [-0.25, -0.2) is 4.98 Å². The van der Waals surface area contributed by atoms with Crippen molar-refractivity contribution in [2.24, 2.45) is 0 Å². The molecule has 0 saturated carbocycles. The molecule has 0 spiro atoms. The second-order valence-electron chi connectivity index (χ2n) is 4.22. The Balaban J connectivity index is 1.84. The van der Waals surface area contributed by atoms with Gasteiger partial charge in [-0.15, -0.1) is 0 Å². The highest BCUT2D eigenvalue weighted by molar-refractivity contribution is 5.22. The number of aryl methyl sites for hydroxylation is 1. The van der Waals surface area contributed by atoms with Crippen molar-refractivity contribution in [3.63, 3.8) is 0 Å². The first kappa shape index (κ1) is 12.8. The summed E-state index contributed by atoms with van der Waals surface area (Å²) < 4.78 is 10.5. The Morgan fingerprint density at radius 2 is 2.11 bits per heavy atom. The number of benzene rings is 1. The van der Waals surface area contributed by atoms with Crippen molar-refractivity contribution >= 4 is 0 Å². The molecule has 96 valence electrons. The van der Waals surface area contributed by atoms with Gasteiger partial charge in [0.15, 0.2) is 0 Å². The second kappa shape index (κ2) is 6.33. The number of hydrogen-bond acceptors (Lipinski definition) is 4. The predicted octanol–water partition coefficient (Wildman–Crippen LogP) is 2.42. The van der Waals surface area contributed by atoms with Crippen LogP contribution in [0.25, 0.3) is 0 Å². The number of oxazole rings is 1. The van der Waals surface area contributed by atoms with Crippen molar-refractivity contribution in [2.45, 2.75) is 26.6 Å². The van der Waals surface area contributed by atoms with Crippen molar-refractivity contribution in [3.05, 3.63) is 53.2 Å². The van der Waals surface area contributed by atoms with E-state index in [0.717, 1.165) is 18.2 Å². The Kier molecular flexibility index (Phi) is 4.50. The van der Waals surface area contributed by atoms with E-state index in [1.54, 1.807) is 13.3 Å². The second-order valence-corrected chi connectivity index (χ2v) is 4.22. The summed E-state index contributed by atoms with van der Waals surface area (Å²) >= 11 is 0. The summed E-state index contributed by atoms with van der Waals surface area (Å²) in [7, 11) is 1.70. The first-order valence-corrected chi connectivity index (χ1v) is 5.96. The molecule has 0 bridgehead atoms. The van der Waals surface area contributed by atoms with Gasteiger partial charge in [-0.3, -0.25) is 0 Å². The van der Waals surface area contributed by atoms with Crippen LogP contribution in [0.1, 0.15) is 22.8 Å². The molecule has 1 N–H and O–H groups in total. The van der Waals surface area contributed by atoms with Gasteiger partial charge < -0.3 is 14.5 Å². The van der Waals surface area contributed by atoms with E-state index < -0.39 is 0 Å². The van der Waals surface area contributed by atoms with Crippen LogP contribution >= 0.6 is 0 Å². The number of nitrogens with one attached hydrogen (secondary N) is 1. The van der Waals surface area contributed by atoms with Crippen LogP contribution in [0.2, 0.25) is 0 Å². The lowest BCUT2D eigenvalue weighted by atomic mass is 10.1. The predicted molar refractivity (Wildman–Crippen MR) is 68.9 cm³/mol. The Labute approximate surface area is 107 Å². The number of rotatable bonds is 6. The molecule has 0 aliphatic carbocycles. The van der Waals surface area contributed by atoms with Gasteiger partial charge in [-0.2, -0.15) is 0 Å². The molecule has 1 heterocycles. The third-order valence-electron chi connectivity index (χ3n) is 2.58. The lowest BCUT2D eigenvalue weighted by Gasteiger charge is -2.05. The molecule has 0 saturated heterocycles. The summed E-state index contributed by atoms with van der Waals surface area (Å²) in [5.74, 6) is 1.56. The molecule has 18 heavy (non-hydrogen) atoms. The fourth-order valence-electron chi connectivity index (χ4n) is 1.79. The zero-order valence-corrected chi connectivity index (χ0v) is 10.8. The highest BCUT2D eigenvalue weighted by Gasteiger charge is 2.00. The van der Waals surface area contributed by atoms with E-state index in [1.807, 2.05) is 13.0 Å². The standard InChI is InChI=1S/C14H18N2O2/c1-11-7-16-14(18-11)9-15-8-12-4-3-5-13(6-12)10-17-2/h3-7,15H,8-10H2,1-2H3. The topological polar surface area (TPSA) is 47.3 Å². The molecular weight excluding hydrogens is 228 g/mol. The maximum Gasteiger partial charge on any atom is 0.208 e. The monoisotopic (exact) mass is 246 g/mol. The largest absolute Gasteiger partial charge is 0.445 e. The molecule has 1 aromatic carbocycles. The van der Waals surface area contributed by atoms with E-state index in [-0.39, 0.29) is 0 Å². The summed E-state index contributed by atoms with van der Waals surface area (Å²) in [6.45, 7) is 3.97. The lowest BCUT2D eigenvalue weighted by molar-refractivity contribution is 0.185. The highest BCUT2D eigenvalue weighted by atomic mass is 16.5. The van der Waals surface area contributed by atoms with Crippen LogP contribution in [-0.2, 0) is 24.4 Å². The fraction of sp³-hybridized carbons (Fsp3) is 0.357. The average Bonchev–Trinajstić information content (AvgIpc) is 2.76. The average molecular weight is 246 g/mol. The molecule has 1 aromatic heterocycles. The third kappa shape index (κ3) is 3.68. The molecule has 0 aliphatic rings. The normalized spacial score (nSPS) is 10.8. The SMILES string of the molecule is COCc1cccc(CNCc2ncc(C)o2)c1. The number of methoxy groups -OCH3 is 1. The molecular formula is C14H18N2O2. The molecule has 0 unspecified atom stereocenters. The smallest absolute Gasteiger partial charge is 0.208 e. The van der Waals surface area contributed by atoms with Gasteiger partial charge in [-0.05, 0) is 18.1 Å². The van der Waals surface area contributed by atoms with E-state index in [4.69, 9.17) is 9.15 Å². The van der Waals surface area contributed by atoms with Crippen molar-refractivity contribution in [3.8, 4) is 0 Å². The van der Waals surface area contributed by atoms with Gasteiger partial charge in [0.1, 0.15) is 5.76 Å². The molecule has 4 heteroatoms. The number of ether oxygens (including phenoxy) is 1. The Bertz CT molecular complexity index is 494. The molecule has 0 aliphatic heterocycles. The number of aromatic nitrogens is 1. The van der Waals surface area contributed by atoms with Gasteiger partial charge in [0, 0.05) is 13.7 Å². The van der Waals surface area contributed by atoms with E-state index in [1.165, 1.54) is 11.1 Å². The lowest BCUT2D eigenvalue weighted by Crippen LogP contribution is -2.13. The first-order valence-electron chi connectivity index (χ1n) is 5.96. The van der Waals surface area contributed by atoms with Crippen LogP contribution in [0.4, 0.5) is 0 Å². The minimum atomic E-state index is 0.641. The van der Waals surface area contributed by atoms with Gasteiger partial charge in [0.2, 0.25) is 5.89 Å². The van der Waals surface area contributed by atoms with Crippen LogP contribution in [0.5, 0.6) is 0 Å². The van der Waals surface area contributed by atoms with E-state index in [2.05, 4.69) is 28.5 Å². The van der Waals surface area contributed by atoms with Gasteiger partial charge in [0.05, 0.1) is 19.3 Å². The summed E-state index contributed by atoms with van der Waals surface area (Å²) in [6, 6.07) is 8.33. The first-order chi connectivity index (χ1) is 8.78. The van der Waals surface area contributed by atoms with Crippen molar-refractivity contribution < 1.29 is 9.15 Å². The quantitative estimate of drug-likeness (QED) is 0.850. The highest BCUT2D eigenvalue weighted by Crippen LogP contribution is 2.07. The van der Waals surface area contributed by atoms with Crippen LogP contribution in [0.15, 0.2) is 34.9 Å². The van der Waals surface area contributed by atoms with Crippen molar-refractivity contribution in [1.82, 2.24) is 10.3 Å². The van der Waals surface area contributed by atoms with E-state index >= 15 is 0 Å². The van der Waals surface area contributed by atoms with Crippen LogP contribution in [0, 0.1) is 6.92 Å². The molecule has 0 radical (unpaired) electrons. The summed E-state index contributed by atoms with van der Waals surface area (Å²) in [5.41, 5.74) is 2.41. The molecule has 0 fully saturated rings. The number of nitrogens with zero attached hydrogens (tertiary/aromatic N) is 1. The Morgan fingerprint density at radius 1 is 1.28 bits per heavy atom. The fourth-order valence-corrected chi connectivity index (χ4v) is 1.79. The molecule has 2 rings (SSSR count). The summed E-state index contributed by atoms with van der Waals surface area (Å²) in [6.07, 6.45) is 1.73. The molecule has 0 atom stereocenters. The molecule has 2 aromatic rings. The van der Waals surface area contributed by atoms with Gasteiger partial charge >= 0.3 is 0 Å². The Morgan fingerprint density at radius 3 is 2.83 bits per heavy atom. The molecule has 4 nitrogen and oxygen atoms in total. The minimum Gasteiger partial charge on any atom is -0.445 e. The zero-order valence-electron chi connectivity index (χ0n) is 10.8. The van der Waals surface area contributed by atoms with E-state index in [0.29, 0.717) is 13.2 Å². The summed E-state index contributed by atoms with van der Waals surface area (Å²) in [5, 5.41) is 3.30. The van der Waals surface area contributed by atoms with Gasteiger partial charge in [0.25, 0.3) is 0 Å². The Hall–Kier alpha value is -1.65. The van der Waals surface area contributed by atoms with Crippen LogP contribution in [0.3, 0.4) is 0 Å². The van der Waals surface area contributed by atoms with Crippen molar-refractivity contribution in [2.75, 3.05) is 7.11 Å². The van der Waals surface area contributed by atoms with Crippen LogP contribution in [-0.4, -0.2) is 12.1 Å². The molecule has 0 amide bonds. The maximum atomic E-state index is 5.39. The summed E-state index contributed by atoms with van der Waals surface area (Å²) in [4.78, 5) is 4.14. The van der Waals surface area contributed by atoms with Crippen molar-refractivity contribution in [1.29, 1.82) is 0 Å². The van der Waals surface area contributed by atoms with Crippen LogP contribution < -0.4 is 5.32 Å². The number of hydrogen-bond donors (Lipinski definition) is 1.